The van der Waals surface area contributed by atoms with Crippen LogP contribution in [0.3, 0.4) is 0 Å². The number of ether oxygens (including phenoxy) is 2. The summed E-state index contributed by atoms with van der Waals surface area (Å²) < 4.78 is 11.7. The number of aryl methyl sites for hydroxylation is 1. The van der Waals surface area contributed by atoms with Crippen LogP contribution in [-0.2, 0) is 16.1 Å². The molecule has 0 spiro atoms. The Morgan fingerprint density at radius 1 is 1.24 bits per heavy atom. The zero-order valence-electron chi connectivity index (χ0n) is 13.9. The second-order valence-corrected chi connectivity index (χ2v) is 6.99. The number of benzene rings is 2. The molecule has 1 heterocycles. The second kappa shape index (κ2) is 7.72. The fraction of sp³-hybridized carbons (Fsp3) is 0.150. The number of methoxy groups -OCH3 is 1. The van der Waals surface area contributed by atoms with E-state index in [9.17, 15) is 4.79 Å². The molecular formula is C20H17ClO3S. The molecule has 3 nitrogen and oxygen atoms in total. The number of hydrogen-bond acceptors (Lipinski definition) is 4. The van der Waals surface area contributed by atoms with E-state index in [0.717, 1.165) is 26.1 Å². The SMILES string of the molecule is COc1ccc(C)cc1COC(=O)/C=C/c1sc2ccccc2c1Cl. The fourth-order valence-electron chi connectivity index (χ4n) is 2.50. The smallest absolute Gasteiger partial charge is 0.331 e. The van der Waals surface area contributed by atoms with Gasteiger partial charge < -0.3 is 9.47 Å². The first kappa shape index (κ1) is 17.5. The number of hydrogen-bond donors (Lipinski definition) is 0. The Kier molecular flexibility index (Phi) is 5.41. The van der Waals surface area contributed by atoms with Crippen LogP contribution in [0.25, 0.3) is 16.2 Å². The summed E-state index contributed by atoms with van der Waals surface area (Å²) in [6, 6.07) is 13.6. The van der Waals surface area contributed by atoms with Crippen LogP contribution in [0.15, 0.2) is 48.5 Å². The van der Waals surface area contributed by atoms with Crippen LogP contribution in [-0.4, -0.2) is 13.1 Å². The predicted molar refractivity (Wildman–Crippen MR) is 103 cm³/mol. The summed E-state index contributed by atoms with van der Waals surface area (Å²) in [5, 5.41) is 1.65. The molecule has 0 N–H and O–H groups in total. The van der Waals surface area contributed by atoms with Crippen molar-refractivity contribution in [2.45, 2.75) is 13.5 Å². The lowest BCUT2D eigenvalue weighted by molar-refractivity contribution is -0.138. The molecule has 1 aromatic heterocycles. The quantitative estimate of drug-likeness (QED) is 0.430. The lowest BCUT2D eigenvalue weighted by Gasteiger charge is -2.09. The Bertz CT molecular complexity index is 943. The van der Waals surface area contributed by atoms with Crippen LogP contribution in [0.2, 0.25) is 5.02 Å². The highest BCUT2D eigenvalue weighted by molar-refractivity contribution is 7.20. The summed E-state index contributed by atoms with van der Waals surface area (Å²) in [6.45, 7) is 2.14. The molecule has 25 heavy (non-hydrogen) atoms. The minimum atomic E-state index is -0.419. The van der Waals surface area contributed by atoms with Crippen molar-refractivity contribution in [3.63, 3.8) is 0 Å². The summed E-state index contributed by atoms with van der Waals surface area (Å²) in [6.07, 6.45) is 3.10. The first-order chi connectivity index (χ1) is 12.1. The van der Waals surface area contributed by atoms with Gasteiger partial charge in [-0.3, -0.25) is 0 Å². The van der Waals surface area contributed by atoms with Gasteiger partial charge in [-0.25, -0.2) is 4.79 Å². The molecule has 3 rings (SSSR count). The highest BCUT2D eigenvalue weighted by Crippen LogP contribution is 2.35. The van der Waals surface area contributed by atoms with Crippen molar-refractivity contribution >= 4 is 45.1 Å². The molecule has 0 radical (unpaired) electrons. The van der Waals surface area contributed by atoms with E-state index in [2.05, 4.69) is 0 Å². The van der Waals surface area contributed by atoms with Crippen molar-refractivity contribution < 1.29 is 14.3 Å². The minimum absolute atomic E-state index is 0.161. The Balaban J connectivity index is 1.69. The van der Waals surface area contributed by atoms with Gasteiger partial charge in [-0.1, -0.05) is 41.4 Å². The third-order valence-corrected chi connectivity index (χ3v) is 5.39. The van der Waals surface area contributed by atoms with Gasteiger partial charge in [0.2, 0.25) is 0 Å². The topological polar surface area (TPSA) is 35.5 Å². The number of fused-ring (bicyclic) bond motifs is 1. The van der Waals surface area contributed by atoms with Gasteiger partial charge in [-0.05, 0) is 31.2 Å². The maximum atomic E-state index is 12.0. The van der Waals surface area contributed by atoms with Gasteiger partial charge in [-0.15, -0.1) is 11.3 Å². The first-order valence-corrected chi connectivity index (χ1v) is 8.93. The molecule has 0 amide bonds. The molecule has 0 aliphatic carbocycles. The number of rotatable bonds is 5. The lowest BCUT2D eigenvalue weighted by Crippen LogP contribution is -2.02. The average molecular weight is 373 g/mol. The maximum absolute atomic E-state index is 12.0. The molecule has 3 aromatic rings. The van der Waals surface area contributed by atoms with Crippen LogP contribution in [0.1, 0.15) is 16.0 Å². The minimum Gasteiger partial charge on any atom is -0.496 e. The molecule has 0 fully saturated rings. The van der Waals surface area contributed by atoms with Crippen molar-refractivity contribution in [1.29, 1.82) is 0 Å². The Labute approximate surface area is 155 Å². The molecule has 5 heteroatoms. The molecule has 0 aliphatic heterocycles. The van der Waals surface area contributed by atoms with Crippen LogP contribution >= 0.6 is 22.9 Å². The second-order valence-electron chi connectivity index (χ2n) is 5.53. The lowest BCUT2D eigenvalue weighted by atomic mass is 10.1. The zero-order valence-corrected chi connectivity index (χ0v) is 15.5. The van der Waals surface area contributed by atoms with E-state index in [4.69, 9.17) is 21.1 Å². The van der Waals surface area contributed by atoms with Gasteiger partial charge in [0.1, 0.15) is 12.4 Å². The molecule has 0 saturated carbocycles. The number of esters is 1. The molecular weight excluding hydrogens is 356 g/mol. The van der Waals surface area contributed by atoms with Crippen molar-refractivity contribution in [2.75, 3.05) is 7.11 Å². The van der Waals surface area contributed by atoms with E-state index < -0.39 is 5.97 Å². The van der Waals surface area contributed by atoms with Crippen molar-refractivity contribution in [2.24, 2.45) is 0 Å². The molecule has 0 aliphatic rings. The molecule has 128 valence electrons. The van der Waals surface area contributed by atoms with Crippen LogP contribution in [0.4, 0.5) is 0 Å². The summed E-state index contributed by atoms with van der Waals surface area (Å²) in [7, 11) is 1.60. The van der Waals surface area contributed by atoms with E-state index in [-0.39, 0.29) is 6.61 Å². The Morgan fingerprint density at radius 3 is 2.80 bits per heavy atom. The van der Waals surface area contributed by atoms with Crippen molar-refractivity contribution in [1.82, 2.24) is 0 Å². The predicted octanol–water partition coefficient (Wildman–Crippen LogP) is 5.63. The van der Waals surface area contributed by atoms with Gasteiger partial charge in [-0.2, -0.15) is 0 Å². The molecule has 2 aromatic carbocycles. The third-order valence-electron chi connectivity index (χ3n) is 3.74. The molecule has 0 bridgehead atoms. The van der Waals surface area contributed by atoms with Gasteiger partial charge in [0.05, 0.1) is 12.1 Å². The average Bonchev–Trinajstić information content (AvgIpc) is 2.94. The van der Waals surface area contributed by atoms with Crippen LogP contribution in [0, 0.1) is 6.92 Å². The van der Waals surface area contributed by atoms with Crippen LogP contribution < -0.4 is 4.74 Å². The summed E-state index contributed by atoms with van der Waals surface area (Å²) in [5.41, 5.74) is 1.92. The Morgan fingerprint density at radius 2 is 2.04 bits per heavy atom. The highest BCUT2D eigenvalue weighted by atomic mass is 35.5. The highest BCUT2D eigenvalue weighted by Gasteiger charge is 2.09. The third kappa shape index (κ3) is 4.03. The summed E-state index contributed by atoms with van der Waals surface area (Å²) >= 11 is 7.90. The van der Waals surface area contributed by atoms with Crippen LogP contribution in [0.5, 0.6) is 5.75 Å². The van der Waals surface area contributed by atoms with E-state index >= 15 is 0 Å². The van der Waals surface area contributed by atoms with Gasteiger partial charge in [0, 0.05) is 26.6 Å². The fourth-order valence-corrected chi connectivity index (χ4v) is 3.90. The standard InChI is InChI=1S/C20H17ClO3S/c1-13-7-8-16(23-2)14(11-13)12-24-19(22)10-9-18-20(21)15-5-3-4-6-17(15)25-18/h3-11H,12H2,1-2H3/b10-9+. The first-order valence-electron chi connectivity index (χ1n) is 7.74. The number of thiophene rings is 1. The van der Waals surface area contributed by atoms with Crippen molar-refractivity contribution in [3.8, 4) is 5.75 Å². The van der Waals surface area contributed by atoms with E-state index in [0.29, 0.717) is 10.8 Å². The van der Waals surface area contributed by atoms with E-state index in [1.165, 1.54) is 6.08 Å². The van der Waals surface area contributed by atoms with E-state index in [1.807, 2.05) is 49.4 Å². The van der Waals surface area contributed by atoms with Gasteiger partial charge >= 0.3 is 5.97 Å². The summed E-state index contributed by atoms with van der Waals surface area (Å²) in [4.78, 5) is 12.9. The Hall–Kier alpha value is -2.30. The van der Waals surface area contributed by atoms with Gasteiger partial charge in [0.25, 0.3) is 0 Å². The number of carbonyl (C=O) groups is 1. The summed E-state index contributed by atoms with van der Waals surface area (Å²) in [5.74, 6) is 0.284. The molecule has 0 unspecified atom stereocenters. The molecule has 0 saturated heterocycles. The number of halogens is 1. The van der Waals surface area contributed by atoms with E-state index in [1.54, 1.807) is 24.5 Å². The monoisotopic (exact) mass is 372 g/mol. The normalized spacial score (nSPS) is 11.2. The largest absolute Gasteiger partial charge is 0.496 e. The van der Waals surface area contributed by atoms with Gasteiger partial charge in [0.15, 0.2) is 0 Å². The van der Waals surface area contributed by atoms with Crippen molar-refractivity contribution in [3.05, 3.63) is 69.6 Å². The maximum Gasteiger partial charge on any atom is 0.331 e. The zero-order chi connectivity index (χ0) is 17.8. The molecule has 0 atom stereocenters. The number of carbonyl (C=O) groups excluding carboxylic acids is 1.